The Bertz CT molecular complexity index is 1290. The first-order valence-electron chi connectivity index (χ1n) is 12.6. The van der Waals surface area contributed by atoms with E-state index >= 15 is 0 Å². The number of amides is 1. The van der Waals surface area contributed by atoms with Crippen LogP contribution in [0.15, 0.2) is 64.3 Å². The fraction of sp³-hybridized carbons (Fsp3) is 0.379. The van der Waals surface area contributed by atoms with Gasteiger partial charge in [0.15, 0.2) is 22.9 Å². The first-order chi connectivity index (χ1) is 17.8. The average molecular weight is 507 g/mol. The molecule has 8 heteroatoms. The van der Waals surface area contributed by atoms with Gasteiger partial charge in [-0.3, -0.25) is 9.59 Å². The SMILES string of the molecule is CCCCOc1ccc(C2C(C(=O)c3cc4cccc(OC)c4o3)=C(O)C(=O)N2CCCN(C)C)cc1. The number of hydrogen-bond donors (Lipinski definition) is 1. The number of fused-ring (bicyclic) bond motifs is 1. The van der Waals surface area contributed by atoms with Crippen molar-refractivity contribution in [2.24, 2.45) is 0 Å². The highest BCUT2D eigenvalue weighted by Gasteiger charge is 2.44. The summed E-state index contributed by atoms with van der Waals surface area (Å²) in [5.41, 5.74) is 1.15. The lowest BCUT2D eigenvalue weighted by molar-refractivity contribution is -0.129. The number of aliphatic hydroxyl groups is 1. The van der Waals surface area contributed by atoms with Gasteiger partial charge in [0, 0.05) is 11.9 Å². The molecule has 1 unspecified atom stereocenters. The van der Waals surface area contributed by atoms with Crippen LogP contribution < -0.4 is 9.47 Å². The zero-order chi connectivity index (χ0) is 26.5. The lowest BCUT2D eigenvalue weighted by Crippen LogP contribution is -2.33. The number of rotatable bonds is 12. The number of carbonyl (C=O) groups excluding carboxylic acids is 2. The van der Waals surface area contributed by atoms with Gasteiger partial charge in [0.25, 0.3) is 5.91 Å². The number of para-hydroxylation sites is 1. The van der Waals surface area contributed by atoms with Crippen molar-refractivity contribution in [2.75, 3.05) is 40.9 Å². The van der Waals surface area contributed by atoms with Crippen LogP contribution in [0.25, 0.3) is 11.0 Å². The predicted octanol–water partition coefficient (Wildman–Crippen LogP) is 5.15. The molecule has 8 nitrogen and oxygen atoms in total. The monoisotopic (exact) mass is 506 g/mol. The van der Waals surface area contributed by atoms with Gasteiger partial charge >= 0.3 is 0 Å². The van der Waals surface area contributed by atoms with E-state index in [1.165, 1.54) is 7.11 Å². The van der Waals surface area contributed by atoms with Gasteiger partial charge in [-0.15, -0.1) is 0 Å². The Morgan fingerprint density at radius 1 is 1.14 bits per heavy atom. The predicted molar refractivity (Wildman–Crippen MR) is 141 cm³/mol. The normalized spacial score (nSPS) is 15.8. The highest BCUT2D eigenvalue weighted by Crippen LogP contribution is 2.40. The molecule has 1 amide bonds. The molecule has 2 aromatic carbocycles. The zero-order valence-electron chi connectivity index (χ0n) is 21.8. The third-order valence-corrected chi connectivity index (χ3v) is 6.47. The van der Waals surface area contributed by atoms with Gasteiger partial charge in [-0.2, -0.15) is 0 Å². The number of benzene rings is 2. The van der Waals surface area contributed by atoms with E-state index in [2.05, 4.69) is 6.92 Å². The summed E-state index contributed by atoms with van der Waals surface area (Å²) in [4.78, 5) is 30.5. The summed E-state index contributed by atoms with van der Waals surface area (Å²) in [6.07, 6.45) is 2.67. The van der Waals surface area contributed by atoms with Gasteiger partial charge in [0.2, 0.25) is 5.78 Å². The Morgan fingerprint density at radius 2 is 1.89 bits per heavy atom. The molecule has 0 aliphatic carbocycles. The lowest BCUT2D eigenvalue weighted by atomic mass is 9.95. The summed E-state index contributed by atoms with van der Waals surface area (Å²) < 4.78 is 17.0. The number of unbranched alkanes of at least 4 members (excludes halogenated alkanes) is 1. The molecule has 3 aromatic rings. The molecule has 0 radical (unpaired) electrons. The quantitative estimate of drug-likeness (QED) is 0.268. The summed E-state index contributed by atoms with van der Waals surface area (Å²) in [6.45, 7) is 3.86. The molecule has 0 saturated carbocycles. The molecule has 0 bridgehead atoms. The van der Waals surface area contributed by atoms with Crippen LogP contribution in [0.2, 0.25) is 0 Å². The van der Waals surface area contributed by atoms with Crippen molar-refractivity contribution in [3.05, 3.63) is 71.2 Å². The van der Waals surface area contributed by atoms with Gasteiger partial charge in [-0.25, -0.2) is 0 Å². The van der Waals surface area contributed by atoms with Gasteiger partial charge in [0.1, 0.15) is 5.75 Å². The largest absolute Gasteiger partial charge is 0.503 e. The van der Waals surface area contributed by atoms with Crippen molar-refractivity contribution < 1.29 is 28.6 Å². The Hall–Kier alpha value is -3.78. The zero-order valence-corrected chi connectivity index (χ0v) is 21.8. The van der Waals surface area contributed by atoms with Crippen LogP contribution in [-0.2, 0) is 4.79 Å². The van der Waals surface area contributed by atoms with Crippen molar-refractivity contribution in [2.45, 2.75) is 32.2 Å². The van der Waals surface area contributed by atoms with Crippen LogP contribution in [0.1, 0.15) is 48.3 Å². The van der Waals surface area contributed by atoms with E-state index in [0.717, 1.165) is 19.4 Å². The maximum Gasteiger partial charge on any atom is 0.290 e. The molecular weight excluding hydrogens is 472 g/mol. The molecule has 2 heterocycles. The van der Waals surface area contributed by atoms with Gasteiger partial charge in [-0.05, 0) is 63.3 Å². The minimum absolute atomic E-state index is 0.00697. The standard InChI is InChI=1S/C29H34N2O6/c1-5-6-17-36-21-13-11-19(12-14-21)25-24(27(33)29(34)31(25)16-8-15-30(2)3)26(32)23-18-20-9-7-10-22(35-4)28(20)37-23/h7,9-14,18,25,33H,5-6,8,15-17H2,1-4H3. The molecule has 1 atom stereocenters. The molecule has 1 aliphatic rings. The third kappa shape index (κ3) is 5.49. The molecule has 4 rings (SSSR count). The van der Waals surface area contributed by atoms with Crippen LogP contribution >= 0.6 is 0 Å². The highest BCUT2D eigenvalue weighted by molar-refractivity contribution is 6.16. The third-order valence-electron chi connectivity index (χ3n) is 6.47. The summed E-state index contributed by atoms with van der Waals surface area (Å²) in [5.74, 6) is -0.399. The molecular formula is C29H34N2O6. The van der Waals surface area contributed by atoms with Crippen molar-refractivity contribution in [1.29, 1.82) is 0 Å². The summed E-state index contributed by atoms with van der Waals surface area (Å²) >= 11 is 0. The van der Waals surface area contributed by atoms with Crippen LogP contribution in [0.4, 0.5) is 0 Å². The van der Waals surface area contributed by atoms with Crippen molar-refractivity contribution in [1.82, 2.24) is 9.80 Å². The number of ether oxygens (including phenoxy) is 2. The van der Waals surface area contributed by atoms with Crippen molar-refractivity contribution in [3.8, 4) is 11.5 Å². The number of hydrogen-bond acceptors (Lipinski definition) is 7. The van der Waals surface area contributed by atoms with Crippen LogP contribution in [0.5, 0.6) is 11.5 Å². The molecule has 0 fully saturated rings. The van der Waals surface area contributed by atoms with E-state index in [4.69, 9.17) is 13.9 Å². The smallest absolute Gasteiger partial charge is 0.290 e. The second kappa shape index (κ2) is 11.5. The number of carbonyl (C=O) groups is 2. The highest BCUT2D eigenvalue weighted by atomic mass is 16.5. The van der Waals surface area contributed by atoms with E-state index in [0.29, 0.717) is 47.6 Å². The van der Waals surface area contributed by atoms with E-state index in [-0.39, 0.29) is 11.3 Å². The Labute approximate surface area is 217 Å². The number of furan rings is 1. The second-order valence-electron chi connectivity index (χ2n) is 9.41. The molecule has 1 aliphatic heterocycles. The van der Waals surface area contributed by atoms with E-state index in [9.17, 15) is 14.7 Å². The second-order valence-corrected chi connectivity index (χ2v) is 9.41. The van der Waals surface area contributed by atoms with E-state index in [1.54, 1.807) is 23.1 Å². The fourth-order valence-electron chi connectivity index (χ4n) is 4.54. The van der Waals surface area contributed by atoms with Crippen LogP contribution in [0, 0.1) is 0 Å². The average Bonchev–Trinajstić information content (AvgIpc) is 3.44. The van der Waals surface area contributed by atoms with Gasteiger partial charge in [-0.1, -0.05) is 37.6 Å². The molecule has 1 N–H and O–H groups in total. The molecule has 0 spiro atoms. The summed E-state index contributed by atoms with van der Waals surface area (Å²) in [5, 5.41) is 11.6. The summed E-state index contributed by atoms with van der Waals surface area (Å²) in [7, 11) is 5.45. The maximum absolute atomic E-state index is 13.8. The van der Waals surface area contributed by atoms with E-state index in [1.807, 2.05) is 49.3 Å². The number of Topliss-reactive ketones (excluding diaryl/α,β-unsaturated/α-hetero) is 1. The summed E-state index contributed by atoms with van der Waals surface area (Å²) in [6, 6.07) is 13.6. The van der Waals surface area contributed by atoms with Crippen LogP contribution in [-0.4, -0.2) is 67.5 Å². The Morgan fingerprint density at radius 3 is 2.57 bits per heavy atom. The first-order valence-corrected chi connectivity index (χ1v) is 12.6. The van der Waals surface area contributed by atoms with Gasteiger partial charge in [0.05, 0.1) is 25.3 Å². The molecule has 0 saturated heterocycles. The van der Waals surface area contributed by atoms with E-state index < -0.39 is 23.5 Å². The number of aliphatic hydroxyl groups excluding tert-OH is 1. The maximum atomic E-state index is 13.8. The molecule has 1 aromatic heterocycles. The van der Waals surface area contributed by atoms with Crippen molar-refractivity contribution in [3.63, 3.8) is 0 Å². The first kappa shape index (κ1) is 26.3. The lowest BCUT2D eigenvalue weighted by Gasteiger charge is -2.27. The van der Waals surface area contributed by atoms with Gasteiger partial charge < -0.3 is 28.8 Å². The van der Waals surface area contributed by atoms with Crippen LogP contribution in [0.3, 0.4) is 0 Å². The number of nitrogens with zero attached hydrogens (tertiary/aromatic N) is 2. The number of ketones is 1. The Kier molecular flexibility index (Phi) is 8.18. The molecule has 196 valence electrons. The number of methoxy groups -OCH3 is 1. The fourth-order valence-corrected chi connectivity index (χ4v) is 4.54. The Balaban J connectivity index is 1.70. The topological polar surface area (TPSA) is 92.4 Å². The van der Waals surface area contributed by atoms with Crippen molar-refractivity contribution >= 4 is 22.7 Å². The molecule has 37 heavy (non-hydrogen) atoms. The minimum Gasteiger partial charge on any atom is -0.503 e. The minimum atomic E-state index is -0.748.